The maximum Gasteiger partial charge on any atom is 0.235 e. The van der Waals surface area contributed by atoms with E-state index in [9.17, 15) is 4.79 Å². The normalized spacial score (nSPS) is 17.3. The van der Waals surface area contributed by atoms with Crippen LogP contribution in [0.2, 0.25) is 0 Å². The predicted octanol–water partition coefficient (Wildman–Crippen LogP) is 1.60. The number of rotatable bonds is 4. The molecule has 112 valence electrons. The van der Waals surface area contributed by atoms with Crippen molar-refractivity contribution < 1.29 is 4.79 Å². The summed E-state index contributed by atoms with van der Waals surface area (Å²) in [7, 11) is 0. The number of carbonyl (C=O) groups is 1. The van der Waals surface area contributed by atoms with E-state index in [1.807, 2.05) is 11.8 Å². The molecule has 1 aromatic rings. The number of thioether (sulfide) groups is 1. The van der Waals surface area contributed by atoms with Crippen LogP contribution >= 0.6 is 11.8 Å². The molecule has 1 fully saturated rings. The Labute approximate surface area is 129 Å². The molecule has 2 heterocycles. The molecule has 0 N–H and O–H groups in total. The SMILES string of the molecule is CCN1CCN(C(=O)C(C)Sc2cc(C#N)ccn2)CC1. The second kappa shape index (κ2) is 7.43. The van der Waals surface area contributed by atoms with E-state index < -0.39 is 0 Å². The van der Waals surface area contributed by atoms with Gasteiger partial charge < -0.3 is 9.80 Å². The van der Waals surface area contributed by atoms with Gasteiger partial charge in [0.25, 0.3) is 0 Å². The molecule has 1 atom stereocenters. The van der Waals surface area contributed by atoms with Crippen molar-refractivity contribution in [2.24, 2.45) is 0 Å². The zero-order valence-corrected chi connectivity index (χ0v) is 13.3. The quantitative estimate of drug-likeness (QED) is 0.791. The third kappa shape index (κ3) is 4.19. The van der Waals surface area contributed by atoms with Gasteiger partial charge in [-0.25, -0.2) is 4.98 Å². The minimum Gasteiger partial charge on any atom is -0.339 e. The summed E-state index contributed by atoms with van der Waals surface area (Å²) in [5.74, 6) is 0.153. The van der Waals surface area contributed by atoms with Gasteiger partial charge in [-0.1, -0.05) is 18.7 Å². The molecule has 0 bridgehead atoms. The van der Waals surface area contributed by atoms with Gasteiger partial charge in [0.05, 0.1) is 21.9 Å². The zero-order chi connectivity index (χ0) is 15.2. The minimum absolute atomic E-state index is 0.153. The van der Waals surface area contributed by atoms with Crippen LogP contribution < -0.4 is 0 Å². The van der Waals surface area contributed by atoms with Crippen molar-refractivity contribution in [3.8, 4) is 6.07 Å². The topological polar surface area (TPSA) is 60.2 Å². The molecule has 0 aliphatic carbocycles. The first kappa shape index (κ1) is 15.8. The number of carbonyl (C=O) groups excluding carboxylic acids is 1. The van der Waals surface area contributed by atoms with E-state index in [0.29, 0.717) is 5.56 Å². The highest BCUT2D eigenvalue weighted by molar-refractivity contribution is 8.00. The number of nitriles is 1. The second-order valence-corrected chi connectivity index (χ2v) is 6.38. The number of piperazine rings is 1. The average Bonchev–Trinajstić information content (AvgIpc) is 2.54. The van der Waals surface area contributed by atoms with Crippen molar-refractivity contribution in [3.05, 3.63) is 23.9 Å². The highest BCUT2D eigenvalue weighted by atomic mass is 32.2. The lowest BCUT2D eigenvalue weighted by Crippen LogP contribution is -2.50. The van der Waals surface area contributed by atoms with E-state index in [1.165, 1.54) is 11.8 Å². The average molecular weight is 304 g/mol. The molecule has 0 radical (unpaired) electrons. The summed E-state index contributed by atoms with van der Waals surface area (Å²) in [6.07, 6.45) is 1.61. The Morgan fingerprint density at radius 1 is 1.48 bits per heavy atom. The zero-order valence-electron chi connectivity index (χ0n) is 12.5. The summed E-state index contributed by atoms with van der Waals surface area (Å²) in [5.41, 5.74) is 0.573. The van der Waals surface area contributed by atoms with Crippen molar-refractivity contribution in [1.29, 1.82) is 5.26 Å². The molecule has 1 amide bonds. The molecule has 0 saturated carbocycles. The molecular formula is C15H20N4OS. The fourth-order valence-electron chi connectivity index (χ4n) is 2.32. The molecule has 1 aromatic heterocycles. The Balaban J connectivity index is 1.92. The van der Waals surface area contributed by atoms with Crippen molar-refractivity contribution in [2.45, 2.75) is 24.1 Å². The van der Waals surface area contributed by atoms with Crippen LogP contribution in [0, 0.1) is 11.3 Å². The summed E-state index contributed by atoms with van der Waals surface area (Å²) in [6, 6.07) is 5.48. The summed E-state index contributed by atoms with van der Waals surface area (Å²) >= 11 is 1.41. The largest absolute Gasteiger partial charge is 0.339 e. The lowest BCUT2D eigenvalue weighted by atomic mass is 10.3. The molecule has 6 heteroatoms. The van der Waals surface area contributed by atoms with E-state index in [4.69, 9.17) is 5.26 Å². The summed E-state index contributed by atoms with van der Waals surface area (Å²) in [4.78, 5) is 20.9. The number of pyridine rings is 1. The van der Waals surface area contributed by atoms with Crippen LogP contribution in [-0.2, 0) is 4.79 Å². The fraction of sp³-hybridized carbons (Fsp3) is 0.533. The van der Waals surface area contributed by atoms with Crippen molar-refractivity contribution in [3.63, 3.8) is 0 Å². The van der Waals surface area contributed by atoms with Crippen LogP contribution in [0.5, 0.6) is 0 Å². The number of aromatic nitrogens is 1. The van der Waals surface area contributed by atoms with Crippen LogP contribution in [0.4, 0.5) is 0 Å². The summed E-state index contributed by atoms with van der Waals surface area (Å²) in [5, 5.41) is 9.43. The van der Waals surface area contributed by atoms with Gasteiger partial charge in [0.15, 0.2) is 0 Å². The first-order valence-corrected chi connectivity index (χ1v) is 8.06. The molecule has 0 spiro atoms. The van der Waals surface area contributed by atoms with Crippen molar-refractivity contribution in [2.75, 3.05) is 32.7 Å². The van der Waals surface area contributed by atoms with Crippen LogP contribution in [0.25, 0.3) is 0 Å². The van der Waals surface area contributed by atoms with E-state index in [2.05, 4.69) is 22.9 Å². The molecule has 1 aliphatic rings. The van der Waals surface area contributed by atoms with E-state index in [1.54, 1.807) is 18.3 Å². The lowest BCUT2D eigenvalue weighted by Gasteiger charge is -2.35. The van der Waals surface area contributed by atoms with Gasteiger partial charge in [-0.15, -0.1) is 0 Å². The smallest absolute Gasteiger partial charge is 0.235 e. The highest BCUT2D eigenvalue weighted by Crippen LogP contribution is 2.23. The van der Waals surface area contributed by atoms with Crippen molar-refractivity contribution >= 4 is 17.7 Å². The Kier molecular flexibility index (Phi) is 5.59. The van der Waals surface area contributed by atoms with E-state index in [0.717, 1.165) is 37.7 Å². The maximum atomic E-state index is 12.4. The summed E-state index contributed by atoms with van der Waals surface area (Å²) in [6.45, 7) is 8.57. The molecule has 2 rings (SSSR count). The van der Waals surface area contributed by atoms with Crippen LogP contribution in [-0.4, -0.2) is 58.7 Å². The summed E-state index contributed by atoms with van der Waals surface area (Å²) < 4.78 is 0. The second-order valence-electron chi connectivity index (χ2n) is 5.01. The van der Waals surface area contributed by atoms with E-state index >= 15 is 0 Å². The third-order valence-electron chi connectivity index (χ3n) is 3.64. The third-order valence-corrected chi connectivity index (χ3v) is 4.66. The Hall–Kier alpha value is -1.58. The molecule has 21 heavy (non-hydrogen) atoms. The molecule has 1 aliphatic heterocycles. The maximum absolute atomic E-state index is 12.4. The molecule has 0 aromatic carbocycles. The number of likely N-dealkylation sites (N-methyl/N-ethyl adjacent to an activating group) is 1. The first-order valence-electron chi connectivity index (χ1n) is 7.18. The lowest BCUT2D eigenvalue weighted by molar-refractivity contribution is -0.132. The van der Waals surface area contributed by atoms with Gasteiger partial charge in [-0.3, -0.25) is 4.79 Å². The highest BCUT2D eigenvalue weighted by Gasteiger charge is 2.25. The molecule has 1 saturated heterocycles. The molecular weight excluding hydrogens is 284 g/mol. The van der Waals surface area contributed by atoms with Crippen LogP contribution in [0.1, 0.15) is 19.4 Å². The van der Waals surface area contributed by atoms with Crippen LogP contribution in [0.15, 0.2) is 23.4 Å². The van der Waals surface area contributed by atoms with Gasteiger partial charge in [-0.05, 0) is 25.6 Å². The molecule has 5 nitrogen and oxygen atoms in total. The van der Waals surface area contributed by atoms with Gasteiger partial charge in [0.2, 0.25) is 5.91 Å². The van der Waals surface area contributed by atoms with Gasteiger partial charge in [0, 0.05) is 32.4 Å². The number of nitrogens with zero attached hydrogens (tertiary/aromatic N) is 4. The van der Waals surface area contributed by atoms with Crippen LogP contribution in [0.3, 0.4) is 0 Å². The number of hydrogen-bond acceptors (Lipinski definition) is 5. The van der Waals surface area contributed by atoms with Gasteiger partial charge >= 0.3 is 0 Å². The number of hydrogen-bond donors (Lipinski definition) is 0. The Morgan fingerprint density at radius 3 is 2.81 bits per heavy atom. The fourth-order valence-corrected chi connectivity index (χ4v) is 3.25. The Bertz CT molecular complexity index is 535. The van der Waals surface area contributed by atoms with E-state index in [-0.39, 0.29) is 11.2 Å². The molecule has 1 unspecified atom stereocenters. The Morgan fingerprint density at radius 2 is 2.19 bits per heavy atom. The monoisotopic (exact) mass is 304 g/mol. The van der Waals surface area contributed by atoms with Crippen molar-refractivity contribution in [1.82, 2.24) is 14.8 Å². The number of amides is 1. The van der Waals surface area contributed by atoms with Gasteiger partial charge in [-0.2, -0.15) is 5.26 Å². The van der Waals surface area contributed by atoms with Gasteiger partial charge in [0.1, 0.15) is 0 Å². The predicted molar refractivity (Wildman–Crippen MR) is 83.0 cm³/mol. The standard InChI is InChI=1S/C15H20N4OS/c1-3-18-6-8-19(9-7-18)15(20)12(2)21-14-10-13(11-16)4-5-17-14/h4-5,10,12H,3,6-9H2,1-2H3. The minimum atomic E-state index is -0.181. The first-order chi connectivity index (χ1) is 10.1.